The zero-order valence-electron chi connectivity index (χ0n) is 14.3. The summed E-state index contributed by atoms with van der Waals surface area (Å²) in [4.78, 5) is 9.01. The van der Waals surface area contributed by atoms with Crippen LogP contribution in [-0.4, -0.2) is 39.7 Å². The van der Waals surface area contributed by atoms with E-state index >= 15 is 0 Å². The fraction of sp³-hybridized carbons (Fsp3) is 0.316. The van der Waals surface area contributed by atoms with Crippen LogP contribution in [-0.2, 0) is 22.8 Å². The van der Waals surface area contributed by atoms with E-state index in [9.17, 15) is 8.42 Å². The van der Waals surface area contributed by atoms with Gasteiger partial charge in [-0.3, -0.25) is 4.98 Å². The third-order valence-corrected chi connectivity index (χ3v) is 6.45. The Kier molecular flexibility index (Phi) is 4.55. The van der Waals surface area contributed by atoms with Crippen LogP contribution in [0.3, 0.4) is 0 Å². The monoisotopic (exact) mass is 368 g/mol. The Labute approximate surface area is 152 Å². The molecule has 1 aliphatic rings. The lowest BCUT2D eigenvalue weighted by molar-refractivity contribution is 0.534. The van der Waals surface area contributed by atoms with E-state index in [1.807, 2.05) is 53.2 Å². The average Bonchev–Trinajstić information content (AvgIpc) is 3.20. The molecule has 6 nitrogen and oxygen atoms in total. The quantitative estimate of drug-likeness (QED) is 0.691. The molecule has 0 bridgehead atoms. The molecule has 0 aliphatic carbocycles. The van der Waals surface area contributed by atoms with E-state index in [1.54, 1.807) is 6.20 Å². The second-order valence-electron chi connectivity index (χ2n) is 6.68. The lowest BCUT2D eigenvalue weighted by Gasteiger charge is -2.09. The molecule has 134 valence electrons. The Morgan fingerprint density at radius 2 is 1.88 bits per heavy atom. The first-order valence-corrected chi connectivity index (χ1v) is 10.5. The van der Waals surface area contributed by atoms with Crippen LogP contribution in [0.25, 0.3) is 11.5 Å². The molecule has 1 aromatic carbocycles. The fourth-order valence-corrected chi connectivity index (χ4v) is 5.16. The lowest BCUT2D eigenvalue weighted by atomic mass is 10.1. The van der Waals surface area contributed by atoms with Gasteiger partial charge in [0.1, 0.15) is 11.5 Å². The maximum atomic E-state index is 11.8. The van der Waals surface area contributed by atoms with E-state index in [0.717, 1.165) is 17.1 Å². The summed E-state index contributed by atoms with van der Waals surface area (Å²) in [5, 5.41) is 4.65. The van der Waals surface area contributed by atoms with E-state index in [4.69, 9.17) is 0 Å². The Balaban J connectivity index is 1.65. The summed E-state index contributed by atoms with van der Waals surface area (Å²) in [6.07, 6.45) is 3.03. The number of pyridine rings is 1. The van der Waals surface area contributed by atoms with E-state index in [0.29, 0.717) is 25.2 Å². The lowest BCUT2D eigenvalue weighted by Crippen LogP contribution is -2.13. The summed E-state index contributed by atoms with van der Waals surface area (Å²) < 4.78 is 25.4. The van der Waals surface area contributed by atoms with Crippen molar-refractivity contribution in [2.45, 2.75) is 19.4 Å². The molecule has 3 aromatic rings. The van der Waals surface area contributed by atoms with Crippen LogP contribution >= 0.6 is 0 Å². The predicted molar refractivity (Wildman–Crippen MR) is 99.3 cm³/mol. The number of aromatic nitrogens is 4. The number of sulfone groups is 1. The average molecular weight is 368 g/mol. The molecule has 0 unspecified atom stereocenters. The van der Waals surface area contributed by atoms with Gasteiger partial charge in [0.05, 0.1) is 18.1 Å². The number of hydrogen-bond acceptors (Lipinski definition) is 5. The highest BCUT2D eigenvalue weighted by Crippen LogP contribution is 2.23. The standard InChI is InChI=1S/C19H20N4O2S/c24-26(25)11-9-16(14-26)12-18-21-19(17-8-4-5-10-20-17)22-23(18)13-15-6-2-1-3-7-15/h1-8,10,16H,9,11-14H2/t16-/m0/s1. The second-order valence-corrected chi connectivity index (χ2v) is 8.91. The van der Waals surface area contributed by atoms with E-state index < -0.39 is 9.84 Å². The smallest absolute Gasteiger partial charge is 0.200 e. The van der Waals surface area contributed by atoms with Crippen LogP contribution in [0.5, 0.6) is 0 Å². The normalized spacial score (nSPS) is 18.8. The first-order chi connectivity index (χ1) is 12.6. The van der Waals surface area contributed by atoms with Gasteiger partial charge >= 0.3 is 0 Å². The largest absolute Gasteiger partial charge is 0.253 e. The molecule has 1 fully saturated rings. The molecule has 1 atom stereocenters. The van der Waals surface area contributed by atoms with Crippen molar-refractivity contribution in [2.24, 2.45) is 5.92 Å². The van der Waals surface area contributed by atoms with Crippen molar-refractivity contribution < 1.29 is 8.42 Å². The topological polar surface area (TPSA) is 77.7 Å². The minimum atomic E-state index is -2.90. The highest BCUT2D eigenvalue weighted by Gasteiger charge is 2.29. The van der Waals surface area contributed by atoms with Gasteiger partial charge in [-0.1, -0.05) is 36.4 Å². The van der Waals surface area contributed by atoms with Gasteiger partial charge in [0.15, 0.2) is 15.7 Å². The molecule has 0 spiro atoms. The summed E-state index contributed by atoms with van der Waals surface area (Å²) in [7, 11) is -2.90. The minimum absolute atomic E-state index is 0.107. The van der Waals surface area contributed by atoms with Gasteiger partial charge in [0.25, 0.3) is 0 Å². The molecule has 0 amide bonds. The van der Waals surface area contributed by atoms with Crippen LogP contribution in [0.2, 0.25) is 0 Å². The molecule has 0 radical (unpaired) electrons. The van der Waals surface area contributed by atoms with Crippen molar-refractivity contribution in [3.8, 4) is 11.5 Å². The molecule has 1 aliphatic heterocycles. The van der Waals surface area contributed by atoms with Gasteiger partial charge in [-0.05, 0) is 30.0 Å². The van der Waals surface area contributed by atoms with Gasteiger partial charge in [0.2, 0.25) is 0 Å². The SMILES string of the molecule is O=S1(=O)CC[C@@H](Cc2nc(-c3ccccn3)nn2Cc2ccccc2)C1. The molecular weight excluding hydrogens is 348 g/mol. The predicted octanol–water partition coefficient (Wildman–Crippen LogP) is 2.37. The molecule has 1 saturated heterocycles. The Morgan fingerprint density at radius 3 is 2.58 bits per heavy atom. The van der Waals surface area contributed by atoms with E-state index in [-0.39, 0.29) is 17.4 Å². The molecule has 26 heavy (non-hydrogen) atoms. The maximum Gasteiger partial charge on any atom is 0.200 e. The zero-order chi connectivity index (χ0) is 18.0. The van der Waals surface area contributed by atoms with Gasteiger partial charge < -0.3 is 0 Å². The van der Waals surface area contributed by atoms with Crippen molar-refractivity contribution in [3.63, 3.8) is 0 Å². The summed E-state index contributed by atoms with van der Waals surface area (Å²) >= 11 is 0. The van der Waals surface area contributed by atoms with Gasteiger partial charge in [-0.2, -0.15) is 0 Å². The summed E-state index contributed by atoms with van der Waals surface area (Å²) in [5.74, 6) is 2.02. The highest BCUT2D eigenvalue weighted by atomic mass is 32.2. The van der Waals surface area contributed by atoms with Crippen LogP contribution in [0.15, 0.2) is 54.7 Å². The Morgan fingerprint density at radius 1 is 1.08 bits per heavy atom. The van der Waals surface area contributed by atoms with Gasteiger partial charge in [-0.25, -0.2) is 18.1 Å². The second kappa shape index (κ2) is 6.99. The molecule has 3 heterocycles. The third-order valence-electron chi connectivity index (χ3n) is 4.62. The summed E-state index contributed by atoms with van der Waals surface area (Å²) in [6, 6.07) is 15.7. The molecule has 7 heteroatoms. The number of benzene rings is 1. The van der Waals surface area contributed by atoms with Gasteiger partial charge in [0, 0.05) is 12.6 Å². The summed E-state index contributed by atoms with van der Waals surface area (Å²) in [6.45, 7) is 0.607. The third kappa shape index (κ3) is 3.83. The minimum Gasteiger partial charge on any atom is -0.253 e. The van der Waals surface area contributed by atoms with Crippen LogP contribution in [0.1, 0.15) is 17.8 Å². The summed E-state index contributed by atoms with van der Waals surface area (Å²) in [5.41, 5.74) is 1.85. The van der Waals surface area contributed by atoms with Crippen molar-refractivity contribution in [2.75, 3.05) is 11.5 Å². The molecule has 4 rings (SSSR count). The maximum absolute atomic E-state index is 11.8. The molecule has 0 saturated carbocycles. The number of nitrogens with zero attached hydrogens (tertiary/aromatic N) is 4. The molecular formula is C19H20N4O2S. The first-order valence-electron chi connectivity index (χ1n) is 8.68. The number of rotatable bonds is 5. The van der Waals surface area contributed by atoms with Crippen molar-refractivity contribution in [3.05, 3.63) is 66.1 Å². The van der Waals surface area contributed by atoms with Crippen LogP contribution < -0.4 is 0 Å². The van der Waals surface area contributed by atoms with Crippen molar-refractivity contribution >= 4 is 9.84 Å². The molecule has 2 aromatic heterocycles. The number of hydrogen-bond donors (Lipinski definition) is 0. The Hall–Kier alpha value is -2.54. The Bertz CT molecular complexity index is 985. The van der Waals surface area contributed by atoms with Crippen LogP contribution in [0.4, 0.5) is 0 Å². The van der Waals surface area contributed by atoms with Crippen LogP contribution in [0, 0.1) is 5.92 Å². The fourth-order valence-electron chi connectivity index (χ4n) is 3.30. The highest BCUT2D eigenvalue weighted by molar-refractivity contribution is 7.91. The first kappa shape index (κ1) is 16.9. The van der Waals surface area contributed by atoms with Gasteiger partial charge in [-0.15, -0.1) is 5.10 Å². The zero-order valence-corrected chi connectivity index (χ0v) is 15.1. The van der Waals surface area contributed by atoms with Crippen molar-refractivity contribution in [1.82, 2.24) is 19.7 Å². The van der Waals surface area contributed by atoms with E-state index in [2.05, 4.69) is 15.1 Å². The molecule has 0 N–H and O–H groups in total. The van der Waals surface area contributed by atoms with Crippen molar-refractivity contribution in [1.29, 1.82) is 0 Å². The van der Waals surface area contributed by atoms with E-state index in [1.165, 1.54) is 0 Å².